The molecule has 11 nitrogen and oxygen atoms in total. The third kappa shape index (κ3) is 5.27. The van der Waals surface area contributed by atoms with E-state index in [1.807, 2.05) is 58.2 Å². The van der Waals surface area contributed by atoms with Gasteiger partial charge in [0.05, 0.1) is 36.4 Å². The molecule has 1 aliphatic heterocycles. The SMILES string of the molecule is [2H]C([2H])([2H])n1c(=O)c2cc(C)cc(C(C)Nc3ccc(Cl)nc3-c3cnn(C)c3)c2c2cnn(C3CCN(C(=O)CN(C)C)C3)c21. The molecule has 0 radical (unpaired) electrons. The van der Waals surface area contributed by atoms with Crippen LogP contribution in [0.15, 0.2) is 47.7 Å². The summed E-state index contributed by atoms with van der Waals surface area (Å²) in [6.07, 6.45) is 5.79. The number of hydrogen-bond acceptors (Lipinski definition) is 7. The van der Waals surface area contributed by atoms with Crippen molar-refractivity contribution in [2.24, 2.45) is 14.0 Å². The van der Waals surface area contributed by atoms with Gasteiger partial charge in [0.2, 0.25) is 5.91 Å². The summed E-state index contributed by atoms with van der Waals surface area (Å²) in [5.41, 5.74) is 3.33. The van der Waals surface area contributed by atoms with Crippen LogP contribution in [0.25, 0.3) is 33.1 Å². The summed E-state index contributed by atoms with van der Waals surface area (Å²) < 4.78 is 29.3. The van der Waals surface area contributed by atoms with Gasteiger partial charge in [-0.05, 0) is 63.7 Å². The number of benzene rings is 1. The van der Waals surface area contributed by atoms with Gasteiger partial charge in [-0.3, -0.25) is 18.8 Å². The molecule has 1 aliphatic rings. The number of halogens is 1. The molecule has 0 bridgehead atoms. The van der Waals surface area contributed by atoms with Gasteiger partial charge in [-0.25, -0.2) is 9.67 Å². The van der Waals surface area contributed by atoms with E-state index in [9.17, 15) is 9.59 Å². The predicted molar refractivity (Wildman–Crippen MR) is 169 cm³/mol. The fourth-order valence-corrected chi connectivity index (χ4v) is 6.18. The zero-order valence-electron chi connectivity index (χ0n) is 27.8. The fourth-order valence-electron chi connectivity index (χ4n) is 6.03. The fraction of sp³-hybridized carbons (Fsp3) is 0.387. The van der Waals surface area contributed by atoms with Gasteiger partial charge >= 0.3 is 0 Å². The van der Waals surface area contributed by atoms with E-state index in [0.717, 1.165) is 26.9 Å². The maximum absolute atomic E-state index is 14.1. The van der Waals surface area contributed by atoms with Crippen molar-refractivity contribution in [2.75, 3.05) is 39.0 Å². The molecule has 0 spiro atoms. The third-order valence-corrected chi connectivity index (χ3v) is 8.20. The minimum absolute atomic E-state index is 0.0115. The molecule has 0 saturated carbocycles. The number of rotatable bonds is 7. The normalized spacial score (nSPS) is 17.4. The average Bonchev–Trinajstić information content (AvgIpc) is 3.72. The molecule has 2 unspecified atom stereocenters. The van der Waals surface area contributed by atoms with E-state index < -0.39 is 12.5 Å². The van der Waals surface area contributed by atoms with E-state index in [2.05, 4.69) is 20.5 Å². The van der Waals surface area contributed by atoms with Crippen molar-refractivity contribution in [2.45, 2.75) is 32.4 Å². The number of carbonyl (C=O) groups excluding carboxylic acids is 1. The van der Waals surface area contributed by atoms with Crippen LogP contribution in [0, 0.1) is 6.92 Å². The number of nitrogens with zero attached hydrogens (tertiary/aromatic N) is 8. The summed E-state index contributed by atoms with van der Waals surface area (Å²) in [6, 6.07) is 6.65. The molecule has 4 aromatic heterocycles. The van der Waals surface area contributed by atoms with Crippen LogP contribution in [0.1, 0.15) is 40.7 Å². The molecule has 5 aromatic rings. The smallest absolute Gasteiger partial charge is 0.259 e. The monoisotopic (exact) mass is 604 g/mol. The molecule has 1 aromatic carbocycles. The van der Waals surface area contributed by atoms with Crippen molar-refractivity contribution >= 4 is 45.0 Å². The Morgan fingerprint density at radius 1 is 1.23 bits per heavy atom. The Morgan fingerprint density at radius 3 is 2.77 bits per heavy atom. The second-order valence-electron chi connectivity index (χ2n) is 11.6. The number of carbonyl (C=O) groups is 1. The van der Waals surface area contributed by atoms with Crippen LogP contribution in [-0.4, -0.2) is 78.5 Å². The standard InChI is InChI=1S/C31H36ClN9O2/c1-18-11-22(19(2)35-25-7-8-26(32)36-29(25)20-13-33-38(5)15-20)28-23(12-18)31(43)39(6)30-24(28)14-34-41(30)21-9-10-40(16-21)27(42)17-37(3)4/h7-8,11-15,19,21,35H,9-10,16-17H2,1-6H3/i6D3. The third-order valence-electron chi connectivity index (χ3n) is 7.99. The molecule has 5 heterocycles. The lowest BCUT2D eigenvalue weighted by Crippen LogP contribution is -2.36. The van der Waals surface area contributed by atoms with Gasteiger partial charge in [-0.1, -0.05) is 17.7 Å². The van der Waals surface area contributed by atoms with E-state index in [4.69, 9.17) is 15.7 Å². The summed E-state index contributed by atoms with van der Waals surface area (Å²) in [7, 11) is 5.50. The number of nitrogens with one attached hydrogen (secondary N) is 1. The highest BCUT2D eigenvalue weighted by molar-refractivity contribution is 6.29. The molecular formula is C31H36ClN9O2. The van der Waals surface area contributed by atoms with Crippen LogP contribution in [0.2, 0.25) is 5.15 Å². The number of likely N-dealkylation sites (tertiary alicyclic amines) is 1. The molecule has 0 aliphatic carbocycles. The van der Waals surface area contributed by atoms with Crippen molar-refractivity contribution in [1.29, 1.82) is 0 Å². The summed E-state index contributed by atoms with van der Waals surface area (Å²) in [4.78, 5) is 35.1. The lowest BCUT2D eigenvalue weighted by atomic mass is 9.95. The van der Waals surface area contributed by atoms with E-state index >= 15 is 0 Å². The van der Waals surface area contributed by atoms with Crippen LogP contribution < -0.4 is 10.9 Å². The molecule has 12 heteroatoms. The van der Waals surface area contributed by atoms with Gasteiger partial charge in [-0.15, -0.1) is 0 Å². The van der Waals surface area contributed by atoms with Crippen LogP contribution in [0.4, 0.5) is 5.69 Å². The molecule has 1 N–H and O–H groups in total. The Morgan fingerprint density at radius 2 is 2.05 bits per heavy atom. The molecule has 1 fully saturated rings. The Kier molecular flexibility index (Phi) is 6.54. The van der Waals surface area contributed by atoms with Crippen molar-refractivity contribution in [3.8, 4) is 11.3 Å². The summed E-state index contributed by atoms with van der Waals surface area (Å²) in [5.74, 6) is -0.0115. The zero-order valence-corrected chi connectivity index (χ0v) is 25.6. The lowest BCUT2D eigenvalue weighted by Gasteiger charge is -2.22. The van der Waals surface area contributed by atoms with Crippen LogP contribution in [0.5, 0.6) is 0 Å². The van der Waals surface area contributed by atoms with Gasteiger partial charge in [0, 0.05) is 65.2 Å². The second-order valence-corrected chi connectivity index (χ2v) is 11.9. The first kappa shape index (κ1) is 25.3. The number of hydrogen-bond donors (Lipinski definition) is 1. The Balaban J connectivity index is 1.50. The van der Waals surface area contributed by atoms with Gasteiger partial charge in [-0.2, -0.15) is 10.2 Å². The minimum atomic E-state index is -2.76. The van der Waals surface area contributed by atoms with E-state index in [1.165, 1.54) is 0 Å². The largest absolute Gasteiger partial charge is 0.377 e. The summed E-state index contributed by atoms with van der Waals surface area (Å²) in [5, 5.41) is 14.3. The zero-order chi connectivity index (χ0) is 33.1. The number of fused-ring (bicyclic) bond motifs is 3. The first-order chi connectivity index (χ1) is 21.7. The van der Waals surface area contributed by atoms with E-state index in [-0.39, 0.29) is 30.2 Å². The number of anilines is 1. The molecule has 43 heavy (non-hydrogen) atoms. The van der Waals surface area contributed by atoms with Crippen molar-refractivity contribution in [3.05, 3.63) is 69.5 Å². The molecular weight excluding hydrogens is 566 g/mol. The van der Waals surface area contributed by atoms with Gasteiger partial charge < -0.3 is 15.1 Å². The van der Waals surface area contributed by atoms with Crippen LogP contribution in [0.3, 0.4) is 0 Å². The van der Waals surface area contributed by atoms with Gasteiger partial charge in [0.25, 0.3) is 5.56 Å². The molecule has 224 valence electrons. The average molecular weight is 605 g/mol. The number of pyridine rings is 2. The highest BCUT2D eigenvalue weighted by atomic mass is 35.5. The maximum Gasteiger partial charge on any atom is 0.259 e. The number of likely N-dealkylation sites (N-methyl/N-ethyl adjacent to an activating group) is 1. The summed E-state index contributed by atoms with van der Waals surface area (Å²) >= 11 is 6.28. The van der Waals surface area contributed by atoms with Crippen LogP contribution in [-0.2, 0) is 18.8 Å². The second kappa shape index (κ2) is 11.1. The Hall–Kier alpha value is -4.22. The first-order valence-electron chi connectivity index (χ1n) is 15.6. The topological polar surface area (TPSA) is 106 Å². The molecule has 2 atom stereocenters. The molecule has 1 saturated heterocycles. The van der Waals surface area contributed by atoms with E-state index in [1.54, 1.807) is 38.8 Å². The minimum Gasteiger partial charge on any atom is -0.377 e. The van der Waals surface area contributed by atoms with E-state index in [0.29, 0.717) is 46.5 Å². The van der Waals surface area contributed by atoms with Gasteiger partial charge in [0.1, 0.15) is 10.8 Å². The van der Waals surface area contributed by atoms with Crippen molar-refractivity contribution in [1.82, 2.24) is 38.9 Å². The molecule has 1 amide bonds. The van der Waals surface area contributed by atoms with Crippen molar-refractivity contribution in [3.63, 3.8) is 0 Å². The number of aryl methyl sites for hydroxylation is 3. The van der Waals surface area contributed by atoms with Crippen LogP contribution >= 0.6 is 11.6 Å². The quantitative estimate of drug-likeness (QED) is 0.278. The predicted octanol–water partition coefficient (Wildman–Crippen LogP) is 4.15. The number of aromatic nitrogens is 6. The number of amides is 1. The first-order valence-corrected chi connectivity index (χ1v) is 14.5. The lowest BCUT2D eigenvalue weighted by molar-refractivity contribution is -0.130. The highest BCUT2D eigenvalue weighted by Crippen LogP contribution is 2.36. The molecule has 6 rings (SSSR count). The maximum atomic E-state index is 14.1. The summed E-state index contributed by atoms with van der Waals surface area (Å²) in [6.45, 7) is 2.26. The highest BCUT2D eigenvalue weighted by Gasteiger charge is 2.30. The Labute approximate surface area is 258 Å². The van der Waals surface area contributed by atoms with Gasteiger partial charge in [0.15, 0.2) is 0 Å². The van der Waals surface area contributed by atoms with Crippen molar-refractivity contribution < 1.29 is 8.91 Å². The Bertz CT molecular complexity index is 2030.